The standard InChI is InChI=1S/C16H21N7O/c1-11-3-2-8-23(9-11)15-13(17)14(19-10-20-15)21-22-16(24)12-4-6-18-7-5-12/h4-7,10-11H,2-3,8-9,17H2,1H3,(H,22,24)(H,19,20,21). The van der Waals surface area contributed by atoms with Crippen molar-refractivity contribution in [3.8, 4) is 0 Å². The van der Waals surface area contributed by atoms with Gasteiger partial charge in [0.05, 0.1) is 0 Å². The fraction of sp³-hybridized carbons (Fsp3) is 0.375. The number of hydrazine groups is 1. The molecule has 1 saturated heterocycles. The van der Waals surface area contributed by atoms with Crippen LogP contribution in [0.2, 0.25) is 0 Å². The average Bonchev–Trinajstić information content (AvgIpc) is 2.61. The van der Waals surface area contributed by atoms with Gasteiger partial charge in [0, 0.05) is 31.0 Å². The lowest BCUT2D eigenvalue weighted by Gasteiger charge is -2.32. The van der Waals surface area contributed by atoms with Crippen LogP contribution in [0.1, 0.15) is 30.1 Å². The summed E-state index contributed by atoms with van der Waals surface area (Å²) >= 11 is 0. The van der Waals surface area contributed by atoms with E-state index in [4.69, 9.17) is 5.73 Å². The van der Waals surface area contributed by atoms with E-state index >= 15 is 0 Å². The molecule has 0 spiro atoms. The van der Waals surface area contributed by atoms with Gasteiger partial charge < -0.3 is 10.6 Å². The van der Waals surface area contributed by atoms with Gasteiger partial charge >= 0.3 is 0 Å². The van der Waals surface area contributed by atoms with Crippen LogP contribution in [0.5, 0.6) is 0 Å². The number of piperidine rings is 1. The Morgan fingerprint density at radius 2 is 2.12 bits per heavy atom. The molecule has 3 heterocycles. The van der Waals surface area contributed by atoms with E-state index in [1.807, 2.05) is 0 Å². The van der Waals surface area contributed by atoms with Gasteiger partial charge in [0.2, 0.25) is 0 Å². The van der Waals surface area contributed by atoms with E-state index in [-0.39, 0.29) is 5.91 Å². The van der Waals surface area contributed by atoms with Crippen molar-refractivity contribution >= 4 is 23.2 Å². The van der Waals surface area contributed by atoms with Gasteiger partial charge in [-0.2, -0.15) is 0 Å². The van der Waals surface area contributed by atoms with Gasteiger partial charge in [-0.25, -0.2) is 9.97 Å². The van der Waals surface area contributed by atoms with Crippen molar-refractivity contribution in [2.45, 2.75) is 19.8 Å². The molecule has 2 aromatic rings. The second-order valence-electron chi connectivity index (χ2n) is 5.97. The lowest BCUT2D eigenvalue weighted by molar-refractivity contribution is 0.0962. The van der Waals surface area contributed by atoms with Crippen LogP contribution in [0.25, 0.3) is 0 Å². The molecular weight excluding hydrogens is 306 g/mol. The monoisotopic (exact) mass is 327 g/mol. The van der Waals surface area contributed by atoms with Crippen molar-refractivity contribution in [1.29, 1.82) is 0 Å². The summed E-state index contributed by atoms with van der Waals surface area (Å²) in [4.78, 5) is 26.5. The molecule has 0 saturated carbocycles. The number of hydrogen-bond donors (Lipinski definition) is 3. The van der Waals surface area contributed by atoms with Crippen LogP contribution in [-0.2, 0) is 0 Å². The molecule has 0 bridgehead atoms. The summed E-state index contributed by atoms with van der Waals surface area (Å²) in [5, 5.41) is 0. The minimum absolute atomic E-state index is 0.288. The predicted octanol–water partition coefficient (Wildman–Crippen LogP) is 1.45. The Balaban J connectivity index is 1.70. The maximum absolute atomic E-state index is 12.1. The smallest absolute Gasteiger partial charge is 0.269 e. The zero-order valence-corrected chi connectivity index (χ0v) is 13.6. The molecular formula is C16H21N7O. The maximum atomic E-state index is 12.1. The molecule has 2 aromatic heterocycles. The highest BCUT2D eigenvalue weighted by Crippen LogP contribution is 2.29. The molecule has 0 aliphatic carbocycles. The first kappa shape index (κ1) is 16.0. The van der Waals surface area contributed by atoms with E-state index in [1.54, 1.807) is 24.5 Å². The molecule has 0 radical (unpaired) electrons. The molecule has 1 aliphatic rings. The third kappa shape index (κ3) is 3.53. The number of rotatable bonds is 4. The molecule has 4 N–H and O–H groups in total. The quantitative estimate of drug-likeness (QED) is 0.729. The molecule has 1 atom stereocenters. The molecule has 8 nitrogen and oxygen atoms in total. The van der Waals surface area contributed by atoms with Crippen molar-refractivity contribution in [3.05, 3.63) is 36.4 Å². The van der Waals surface area contributed by atoms with Crippen molar-refractivity contribution < 1.29 is 4.79 Å². The minimum atomic E-state index is -0.288. The van der Waals surface area contributed by atoms with Crippen molar-refractivity contribution in [2.75, 3.05) is 29.1 Å². The molecule has 1 aliphatic heterocycles. The number of aromatic nitrogens is 3. The highest BCUT2D eigenvalue weighted by atomic mass is 16.2. The molecule has 3 rings (SSSR count). The normalized spacial score (nSPS) is 17.4. The van der Waals surface area contributed by atoms with E-state index in [0.29, 0.717) is 28.8 Å². The molecule has 1 unspecified atom stereocenters. The molecule has 1 fully saturated rings. The van der Waals surface area contributed by atoms with Gasteiger partial charge in [0.15, 0.2) is 11.6 Å². The summed E-state index contributed by atoms with van der Waals surface area (Å²) < 4.78 is 0. The van der Waals surface area contributed by atoms with Crippen LogP contribution in [0.3, 0.4) is 0 Å². The highest BCUT2D eigenvalue weighted by Gasteiger charge is 2.21. The van der Waals surface area contributed by atoms with Gasteiger partial charge in [-0.15, -0.1) is 0 Å². The van der Waals surface area contributed by atoms with Crippen LogP contribution in [0.4, 0.5) is 17.3 Å². The Morgan fingerprint density at radius 1 is 1.33 bits per heavy atom. The molecule has 126 valence electrons. The first-order chi connectivity index (χ1) is 11.6. The van der Waals surface area contributed by atoms with Crippen molar-refractivity contribution in [3.63, 3.8) is 0 Å². The Kier molecular flexibility index (Phi) is 4.74. The number of nitrogen functional groups attached to an aromatic ring is 1. The second-order valence-corrected chi connectivity index (χ2v) is 5.97. The first-order valence-corrected chi connectivity index (χ1v) is 7.97. The van der Waals surface area contributed by atoms with E-state index < -0.39 is 0 Å². The fourth-order valence-electron chi connectivity index (χ4n) is 2.81. The first-order valence-electron chi connectivity index (χ1n) is 7.97. The summed E-state index contributed by atoms with van der Waals surface area (Å²) in [7, 11) is 0. The lowest BCUT2D eigenvalue weighted by atomic mass is 10.0. The third-order valence-corrected chi connectivity index (χ3v) is 4.06. The van der Waals surface area contributed by atoms with Gasteiger partial charge in [-0.05, 0) is 30.9 Å². The number of amides is 1. The highest BCUT2D eigenvalue weighted by molar-refractivity contribution is 5.95. The Hall–Kier alpha value is -2.90. The fourth-order valence-corrected chi connectivity index (χ4v) is 2.81. The average molecular weight is 327 g/mol. The number of nitrogens with zero attached hydrogens (tertiary/aromatic N) is 4. The molecule has 24 heavy (non-hydrogen) atoms. The number of nitrogens with one attached hydrogen (secondary N) is 2. The van der Waals surface area contributed by atoms with Gasteiger partial charge in [0.25, 0.3) is 5.91 Å². The SMILES string of the molecule is CC1CCCN(c2ncnc(NNC(=O)c3ccncc3)c2N)C1. The Bertz CT molecular complexity index is 707. The minimum Gasteiger partial charge on any atom is -0.393 e. The number of nitrogens with two attached hydrogens (primary N) is 1. The number of anilines is 3. The van der Waals surface area contributed by atoms with E-state index in [9.17, 15) is 4.79 Å². The largest absolute Gasteiger partial charge is 0.393 e. The zero-order valence-electron chi connectivity index (χ0n) is 13.6. The Morgan fingerprint density at radius 3 is 2.88 bits per heavy atom. The van der Waals surface area contributed by atoms with Gasteiger partial charge in [0.1, 0.15) is 12.0 Å². The van der Waals surface area contributed by atoms with Crippen molar-refractivity contribution in [2.24, 2.45) is 5.92 Å². The number of hydrogen-bond acceptors (Lipinski definition) is 7. The zero-order chi connectivity index (χ0) is 16.9. The van der Waals surface area contributed by atoms with Crippen molar-refractivity contribution in [1.82, 2.24) is 20.4 Å². The van der Waals surface area contributed by atoms with Gasteiger partial charge in [-0.1, -0.05) is 6.92 Å². The maximum Gasteiger partial charge on any atom is 0.269 e. The van der Waals surface area contributed by atoms with Gasteiger partial charge in [-0.3, -0.25) is 20.6 Å². The van der Waals surface area contributed by atoms with Crippen LogP contribution >= 0.6 is 0 Å². The number of carbonyl (C=O) groups excluding carboxylic acids is 1. The topological polar surface area (TPSA) is 109 Å². The molecule has 8 heteroatoms. The predicted molar refractivity (Wildman–Crippen MR) is 92.4 cm³/mol. The third-order valence-electron chi connectivity index (χ3n) is 4.06. The lowest BCUT2D eigenvalue weighted by Crippen LogP contribution is -2.36. The summed E-state index contributed by atoms with van der Waals surface area (Å²) in [6.07, 6.45) is 6.90. The summed E-state index contributed by atoms with van der Waals surface area (Å²) in [6, 6.07) is 3.25. The Labute approximate surface area is 140 Å². The van der Waals surface area contributed by atoms with Crippen LogP contribution in [0.15, 0.2) is 30.9 Å². The van der Waals surface area contributed by atoms with E-state index in [2.05, 4.69) is 37.6 Å². The molecule has 0 aromatic carbocycles. The number of carbonyl (C=O) groups is 1. The summed E-state index contributed by atoms with van der Waals surface area (Å²) in [6.45, 7) is 4.07. The van der Waals surface area contributed by atoms with Crippen LogP contribution < -0.4 is 21.5 Å². The second kappa shape index (κ2) is 7.12. The van der Waals surface area contributed by atoms with E-state index in [0.717, 1.165) is 19.5 Å². The van der Waals surface area contributed by atoms with Crippen LogP contribution in [0, 0.1) is 5.92 Å². The number of pyridine rings is 1. The van der Waals surface area contributed by atoms with E-state index in [1.165, 1.54) is 12.7 Å². The summed E-state index contributed by atoms with van der Waals surface area (Å²) in [5.74, 6) is 1.41. The molecule has 1 amide bonds. The summed E-state index contributed by atoms with van der Waals surface area (Å²) in [5.41, 5.74) is 12.5. The van der Waals surface area contributed by atoms with Crippen LogP contribution in [-0.4, -0.2) is 33.9 Å².